The molecule has 0 spiro atoms. The zero-order valence-electron chi connectivity index (χ0n) is 13.9. The number of carbonyl (C=O) groups is 2. The first-order valence-electron chi connectivity index (χ1n) is 8.10. The molecule has 2 aromatic rings. The Bertz CT molecular complexity index is 737. The second-order valence-electron chi connectivity index (χ2n) is 5.73. The van der Waals surface area contributed by atoms with E-state index in [0.717, 1.165) is 25.9 Å². The van der Waals surface area contributed by atoms with Crippen molar-refractivity contribution in [2.75, 3.05) is 24.2 Å². The van der Waals surface area contributed by atoms with Crippen molar-refractivity contribution in [1.82, 2.24) is 20.3 Å². The highest BCUT2D eigenvalue weighted by Crippen LogP contribution is 2.26. The van der Waals surface area contributed by atoms with Crippen LogP contribution in [-0.2, 0) is 4.79 Å². The topological polar surface area (TPSA) is 101 Å². The Morgan fingerprint density at radius 1 is 1.28 bits per heavy atom. The average molecular weight is 381 g/mol. The summed E-state index contributed by atoms with van der Waals surface area (Å²) in [5.41, 5.74) is 0.193. The zero-order chi connectivity index (χ0) is 17.6. The van der Waals surface area contributed by atoms with Gasteiger partial charge in [0.2, 0.25) is 11.0 Å². The molecule has 134 valence electrons. The van der Waals surface area contributed by atoms with Crippen molar-refractivity contribution < 1.29 is 14.1 Å². The maximum absolute atomic E-state index is 12.3. The normalized spacial score (nSPS) is 15.0. The van der Waals surface area contributed by atoms with Crippen LogP contribution in [0.25, 0.3) is 0 Å². The minimum Gasteiger partial charge on any atom is -0.361 e. The van der Waals surface area contributed by atoms with E-state index in [2.05, 4.69) is 20.7 Å². The molecule has 0 radical (unpaired) electrons. The molecule has 10 heteroatoms. The number of nitrogens with zero attached hydrogens (tertiary/aromatic N) is 4. The number of hydrogen-bond donors (Lipinski definition) is 1. The number of amides is 2. The third-order valence-corrected chi connectivity index (χ3v) is 5.72. The molecule has 1 N–H and O–H groups in total. The first-order valence-corrected chi connectivity index (χ1v) is 9.91. The number of carbonyl (C=O) groups excluding carboxylic acids is 2. The number of rotatable bonds is 5. The molecule has 0 aliphatic carbocycles. The van der Waals surface area contributed by atoms with Crippen LogP contribution in [0.1, 0.15) is 41.9 Å². The second kappa shape index (κ2) is 8.43. The van der Waals surface area contributed by atoms with Gasteiger partial charge in [0.25, 0.3) is 5.91 Å². The van der Waals surface area contributed by atoms with Gasteiger partial charge in [-0.3, -0.25) is 14.9 Å². The van der Waals surface area contributed by atoms with E-state index in [1.54, 1.807) is 13.0 Å². The predicted octanol–water partition coefficient (Wildman–Crippen LogP) is 2.58. The van der Waals surface area contributed by atoms with E-state index in [4.69, 9.17) is 4.52 Å². The largest absolute Gasteiger partial charge is 0.361 e. The number of aromatic nitrogens is 3. The summed E-state index contributed by atoms with van der Waals surface area (Å²) >= 11 is 2.58. The molecule has 0 unspecified atom stereocenters. The van der Waals surface area contributed by atoms with E-state index in [0.29, 0.717) is 21.0 Å². The van der Waals surface area contributed by atoms with Crippen molar-refractivity contribution in [3.05, 3.63) is 17.5 Å². The summed E-state index contributed by atoms with van der Waals surface area (Å²) in [6, 6.07) is 1.55. The summed E-state index contributed by atoms with van der Waals surface area (Å²) in [4.78, 5) is 26.2. The predicted molar refractivity (Wildman–Crippen MR) is 94.9 cm³/mol. The van der Waals surface area contributed by atoms with Crippen molar-refractivity contribution in [1.29, 1.82) is 0 Å². The SMILES string of the molecule is Cc1cc(C(=O)Nc2nnc(SCC(=O)N3CCCCCC3)s2)no1. The first-order chi connectivity index (χ1) is 12.1. The molecule has 25 heavy (non-hydrogen) atoms. The number of nitrogens with one attached hydrogen (secondary N) is 1. The van der Waals surface area contributed by atoms with Crippen molar-refractivity contribution >= 4 is 40.0 Å². The molecule has 2 aromatic heterocycles. The number of aryl methyl sites for hydroxylation is 1. The van der Waals surface area contributed by atoms with Gasteiger partial charge in [-0.1, -0.05) is 41.1 Å². The molecule has 1 aliphatic rings. The molecular weight excluding hydrogens is 362 g/mol. The molecule has 0 bridgehead atoms. The Morgan fingerprint density at radius 2 is 2.04 bits per heavy atom. The van der Waals surface area contributed by atoms with Crippen LogP contribution in [0, 0.1) is 6.92 Å². The van der Waals surface area contributed by atoms with Crippen LogP contribution < -0.4 is 5.32 Å². The lowest BCUT2D eigenvalue weighted by Gasteiger charge is -2.19. The lowest BCUT2D eigenvalue weighted by Crippen LogP contribution is -2.33. The maximum atomic E-state index is 12.3. The van der Waals surface area contributed by atoms with E-state index < -0.39 is 5.91 Å². The molecule has 8 nitrogen and oxygen atoms in total. The monoisotopic (exact) mass is 381 g/mol. The molecule has 0 atom stereocenters. The van der Waals surface area contributed by atoms with Crippen LogP contribution in [0.2, 0.25) is 0 Å². The lowest BCUT2D eigenvalue weighted by atomic mass is 10.2. The number of thioether (sulfide) groups is 1. The van der Waals surface area contributed by atoms with E-state index in [-0.39, 0.29) is 11.6 Å². The molecule has 1 fully saturated rings. The van der Waals surface area contributed by atoms with E-state index in [9.17, 15) is 9.59 Å². The minimum absolute atomic E-state index is 0.130. The fourth-order valence-electron chi connectivity index (χ4n) is 2.49. The van der Waals surface area contributed by atoms with E-state index in [1.165, 1.54) is 35.9 Å². The van der Waals surface area contributed by atoms with E-state index in [1.807, 2.05) is 4.90 Å². The van der Waals surface area contributed by atoms with Crippen LogP contribution in [0.4, 0.5) is 5.13 Å². The highest BCUT2D eigenvalue weighted by atomic mass is 32.2. The van der Waals surface area contributed by atoms with Gasteiger partial charge in [-0.25, -0.2) is 0 Å². The summed E-state index contributed by atoms with van der Waals surface area (Å²) in [7, 11) is 0. The molecule has 1 aliphatic heterocycles. The van der Waals surface area contributed by atoms with Gasteiger partial charge in [-0.05, 0) is 19.8 Å². The van der Waals surface area contributed by atoms with Crippen molar-refractivity contribution in [3.8, 4) is 0 Å². The smallest absolute Gasteiger partial charge is 0.279 e. The summed E-state index contributed by atoms with van der Waals surface area (Å²) in [6.07, 6.45) is 4.54. The first kappa shape index (κ1) is 17.9. The summed E-state index contributed by atoms with van der Waals surface area (Å²) in [5.74, 6) is 0.632. The lowest BCUT2D eigenvalue weighted by molar-refractivity contribution is -0.128. The Labute approximate surface area is 153 Å². The third kappa shape index (κ3) is 5.02. The number of hydrogen-bond acceptors (Lipinski definition) is 8. The molecule has 2 amide bonds. The van der Waals surface area contributed by atoms with Gasteiger partial charge in [0, 0.05) is 19.2 Å². The van der Waals surface area contributed by atoms with Gasteiger partial charge in [0.15, 0.2) is 10.0 Å². The number of likely N-dealkylation sites (tertiary alicyclic amines) is 1. The Balaban J connectivity index is 1.49. The van der Waals surface area contributed by atoms with Crippen LogP contribution in [0.15, 0.2) is 14.9 Å². The third-order valence-electron chi connectivity index (χ3n) is 3.77. The Kier molecular flexibility index (Phi) is 6.03. The average Bonchev–Trinajstić information content (AvgIpc) is 3.13. The zero-order valence-corrected chi connectivity index (χ0v) is 15.5. The van der Waals surface area contributed by atoms with Crippen LogP contribution in [-0.4, -0.2) is 50.9 Å². The fourth-order valence-corrected chi connectivity index (χ4v) is 4.14. The molecule has 3 rings (SSSR count). The van der Waals surface area contributed by atoms with Crippen LogP contribution in [0.5, 0.6) is 0 Å². The van der Waals surface area contributed by atoms with Gasteiger partial charge in [0.1, 0.15) is 5.76 Å². The highest BCUT2D eigenvalue weighted by molar-refractivity contribution is 8.01. The Morgan fingerprint density at radius 3 is 2.72 bits per heavy atom. The van der Waals surface area contributed by atoms with Gasteiger partial charge < -0.3 is 9.42 Å². The van der Waals surface area contributed by atoms with Crippen molar-refractivity contribution in [2.24, 2.45) is 0 Å². The number of anilines is 1. The minimum atomic E-state index is -0.398. The van der Waals surface area contributed by atoms with Crippen LogP contribution in [0.3, 0.4) is 0 Å². The molecule has 0 aromatic carbocycles. The maximum Gasteiger partial charge on any atom is 0.279 e. The van der Waals surface area contributed by atoms with E-state index >= 15 is 0 Å². The standard InChI is InChI=1S/C15H19N5O3S2/c1-10-8-11(19-23-10)13(22)16-14-17-18-15(25-14)24-9-12(21)20-6-4-2-3-5-7-20/h8H,2-7,9H2,1H3,(H,16,17,22). The molecule has 3 heterocycles. The van der Waals surface area contributed by atoms with Gasteiger partial charge >= 0.3 is 0 Å². The molecular formula is C15H19N5O3S2. The van der Waals surface area contributed by atoms with Crippen molar-refractivity contribution in [3.63, 3.8) is 0 Å². The highest BCUT2D eigenvalue weighted by Gasteiger charge is 2.18. The van der Waals surface area contributed by atoms with Crippen LogP contribution >= 0.6 is 23.1 Å². The van der Waals surface area contributed by atoms with Gasteiger partial charge in [-0.2, -0.15) is 0 Å². The van der Waals surface area contributed by atoms with Crippen molar-refractivity contribution in [2.45, 2.75) is 36.9 Å². The quantitative estimate of drug-likeness (QED) is 0.627. The fraction of sp³-hybridized carbons (Fsp3) is 0.533. The molecule has 1 saturated heterocycles. The Hall–Kier alpha value is -1.94. The summed E-state index contributed by atoms with van der Waals surface area (Å²) < 4.78 is 5.52. The summed E-state index contributed by atoms with van der Waals surface area (Å²) in [5, 5.41) is 14.6. The van der Waals surface area contributed by atoms with Gasteiger partial charge in [-0.15, -0.1) is 10.2 Å². The van der Waals surface area contributed by atoms with Gasteiger partial charge in [0.05, 0.1) is 5.75 Å². The molecule has 0 saturated carbocycles. The summed E-state index contributed by atoms with van der Waals surface area (Å²) in [6.45, 7) is 3.40. The second-order valence-corrected chi connectivity index (χ2v) is 7.93.